The van der Waals surface area contributed by atoms with Crippen molar-refractivity contribution in [2.45, 2.75) is 26.1 Å². The fourth-order valence-corrected chi connectivity index (χ4v) is 1.64. The van der Waals surface area contributed by atoms with Gasteiger partial charge in [0.05, 0.1) is 12.1 Å². The number of nitrogens with one attached hydrogen (secondary N) is 2. The molecule has 0 atom stereocenters. The highest BCUT2D eigenvalue weighted by Gasteiger charge is 2.30. The highest BCUT2D eigenvalue weighted by Crippen LogP contribution is 2.31. The molecule has 0 fully saturated rings. The summed E-state index contributed by atoms with van der Waals surface area (Å²) >= 11 is 0. The van der Waals surface area contributed by atoms with Crippen LogP contribution in [0.1, 0.15) is 24.8 Å². The first-order valence-electron chi connectivity index (χ1n) is 6.46. The molecule has 114 valence electrons. The third kappa shape index (κ3) is 4.45. The Morgan fingerprint density at radius 3 is 2.76 bits per heavy atom. The molecule has 0 bridgehead atoms. The lowest BCUT2D eigenvalue weighted by atomic mass is 10.2. The molecule has 21 heavy (non-hydrogen) atoms. The fraction of sp³-hybridized carbons (Fsp3) is 0.385. The Labute approximate surface area is 119 Å². The largest absolute Gasteiger partial charge is 0.416 e. The predicted molar refractivity (Wildman–Crippen MR) is 71.0 cm³/mol. The van der Waals surface area contributed by atoms with Crippen LogP contribution in [0.5, 0.6) is 0 Å². The number of rotatable bonds is 6. The summed E-state index contributed by atoms with van der Waals surface area (Å²) in [5.74, 6) is 0.373. The molecule has 8 heteroatoms. The van der Waals surface area contributed by atoms with Crippen molar-refractivity contribution in [1.82, 2.24) is 15.5 Å². The number of anilines is 2. The van der Waals surface area contributed by atoms with Gasteiger partial charge in [0.15, 0.2) is 0 Å². The molecule has 1 aromatic carbocycles. The van der Waals surface area contributed by atoms with Crippen molar-refractivity contribution >= 4 is 11.7 Å². The van der Waals surface area contributed by atoms with Crippen molar-refractivity contribution in [3.63, 3.8) is 0 Å². The van der Waals surface area contributed by atoms with E-state index in [1.807, 2.05) is 6.92 Å². The molecule has 1 heterocycles. The minimum absolute atomic E-state index is 0.0580. The van der Waals surface area contributed by atoms with Crippen LogP contribution in [0.25, 0.3) is 0 Å². The fourth-order valence-electron chi connectivity index (χ4n) is 1.64. The van der Waals surface area contributed by atoms with Gasteiger partial charge in [-0.3, -0.25) is 0 Å². The number of alkyl halides is 3. The van der Waals surface area contributed by atoms with Gasteiger partial charge in [-0.2, -0.15) is 13.2 Å². The first-order valence-corrected chi connectivity index (χ1v) is 6.46. The molecule has 5 nitrogen and oxygen atoms in total. The average Bonchev–Trinajstić information content (AvgIpc) is 2.86. The zero-order chi connectivity index (χ0) is 15.3. The second kappa shape index (κ2) is 6.57. The number of benzene rings is 1. The molecule has 0 saturated heterocycles. The number of hydrogen-bond donors (Lipinski definition) is 2. The van der Waals surface area contributed by atoms with Gasteiger partial charge < -0.3 is 15.1 Å². The van der Waals surface area contributed by atoms with E-state index in [1.165, 1.54) is 12.1 Å². The molecule has 0 aliphatic heterocycles. The molecular weight excluding hydrogens is 285 g/mol. The van der Waals surface area contributed by atoms with Crippen LogP contribution in [-0.4, -0.2) is 16.7 Å². The van der Waals surface area contributed by atoms with Gasteiger partial charge in [-0.25, -0.2) is 0 Å². The Hall–Kier alpha value is -2.09. The molecule has 0 amide bonds. The molecule has 0 aliphatic carbocycles. The van der Waals surface area contributed by atoms with Crippen molar-refractivity contribution < 1.29 is 17.6 Å². The third-order valence-corrected chi connectivity index (χ3v) is 2.61. The zero-order valence-electron chi connectivity index (χ0n) is 11.4. The molecule has 0 saturated carbocycles. The number of aromatic nitrogens is 2. The van der Waals surface area contributed by atoms with E-state index in [2.05, 4.69) is 20.8 Å². The molecule has 2 N–H and O–H groups in total. The van der Waals surface area contributed by atoms with Crippen LogP contribution in [0.15, 0.2) is 28.7 Å². The first kappa shape index (κ1) is 15.3. The van der Waals surface area contributed by atoms with Gasteiger partial charge in [0, 0.05) is 5.69 Å². The molecule has 2 aromatic rings. The molecule has 0 spiro atoms. The summed E-state index contributed by atoms with van der Waals surface area (Å²) in [6.45, 7) is 3.27. The highest BCUT2D eigenvalue weighted by atomic mass is 19.4. The maximum atomic E-state index is 12.6. The summed E-state index contributed by atoms with van der Waals surface area (Å²) in [5, 5.41) is 13.3. The van der Waals surface area contributed by atoms with E-state index < -0.39 is 11.7 Å². The summed E-state index contributed by atoms with van der Waals surface area (Å²) < 4.78 is 43.1. The summed E-state index contributed by atoms with van der Waals surface area (Å²) in [5.41, 5.74) is -0.501. The predicted octanol–water partition coefficient (Wildman–Crippen LogP) is 3.33. The Morgan fingerprint density at radius 1 is 1.24 bits per heavy atom. The highest BCUT2D eigenvalue weighted by molar-refractivity contribution is 5.53. The van der Waals surface area contributed by atoms with E-state index in [4.69, 9.17) is 4.42 Å². The summed E-state index contributed by atoms with van der Waals surface area (Å²) in [6, 6.07) is 4.85. The van der Waals surface area contributed by atoms with Crippen LogP contribution in [0.3, 0.4) is 0 Å². The van der Waals surface area contributed by atoms with Gasteiger partial charge in [-0.15, -0.1) is 5.10 Å². The Balaban J connectivity index is 2.02. The number of hydrogen-bond acceptors (Lipinski definition) is 5. The summed E-state index contributed by atoms with van der Waals surface area (Å²) in [6.07, 6.45) is -3.41. The zero-order valence-corrected chi connectivity index (χ0v) is 11.4. The number of halogens is 3. The lowest BCUT2D eigenvalue weighted by Gasteiger charge is -2.08. The van der Waals surface area contributed by atoms with E-state index in [0.29, 0.717) is 12.4 Å². The van der Waals surface area contributed by atoms with Crippen molar-refractivity contribution in [3.05, 3.63) is 35.7 Å². The normalized spacial score (nSPS) is 11.6. The van der Waals surface area contributed by atoms with Crippen LogP contribution < -0.4 is 10.6 Å². The molecule has 0 radical (unpaired) electrons. The maximum absolute atomic E-state index is 12.6. The van der Waals surface area contributed by atoms with Gasteiger partial charge in [-0.1, -0.05) is 18.1 Å². The van der Waals surface area contributed by atoms with Gasteiger partial charge in [0.1, 0.15) is 0 Å². The van der Waals surface area contributed by atoms with E-state index in [0.717, 1.165) is 25.1 Å². The van der Waals surface area contributed by atoms with Crippen LogP contribution >= 0.6 is 0 Å². The lowest BCUT2D eigenvalue weighted by molar-refractivity contribution is -0.137. The van der Waals surface area contributed by atoms with Gasteiger partial charge in [0.25, 0.3) is 0 Å². The van der Waals surface area contributed by atoms with E-state index in [-0.39, 0.29) is 11.7 Å². The Kier molecular flexibility index (Phi) is 4.79. The van der Waals surface area contributed by atoms with Crippen LogP contribution in [0.4, 0.5) is 24.9 Å². The van der Waals surface area contributed by atoms with E-state index >= 15 is 0 Å². The Morgan fingerprint density at radius 2 is 2.05 bits per heavy atom. The van der Waals surface area contributed by atoms with Crippen molar-refractivity contribution in [2.75, 3.05) is 11.9 Å². The molecular formula is C13H15F3N4O. The Bertz CT molecular complexity index is 583. The quantitative estimate of drug-likeness (QED) is 0.801. The SMILES string of the molecule is CCCNCc1nnc(Nc2cccc(C(F)(F)F)c2)o1. The lowest BCUT2D eigenvalue weighted by Crippen LogP contribution is -2.13. The minimum Gasteiger partial charge on any atom is -0.406 e. The summed E-state index contributed by atoms with van der Waals surface area (Å²) in [7, 11) is 0. The molecule has 0 aliphatic rings. The maximum Gasteiger partial charge on any atom is 0.416 e. The van der Waals surface area contributed by atoms with Gasteiger partial charge >= 0.3 is 12.2 Å². The number of nitrogens with zero attached hydrogens (tertiary/aromatic N) is 2. The van der Waals surface area contributed by atoms with Gasteiger partial charge in [-0.05, 0) is 31.2 Å². The first-order chi connectivity index (χ1) is 9.99. The molecule has 2 rings (SSSR count). The van der Waals surface area contributed by atoms with Crippen LogP contribution in [0, 0.1) is 0 Å². The standard InChI is InChI=1S/C13H15F3N4O/c1-2-6-17-8-11-19-20-12(21-11)18-10-5-3-4-9(7-10)13(14,15)16/h3-5,7,17H,2,6,8H2,1H3,(H,18,20). The topological polar surface area (TPSA) is 63.0 Å². The minimum atomic E-state index is -4.39. The summed E-state index contributed by atoms with van der Waals surface area (Å²) in [4.78, 5) is 0. The average molecular weight is 300 g/mol. The molecule has 0 unspecified atom stereocenters. The smallest absolute Gasteiger partial charge is 0.406 e. The van der Waals surface area contributed by atoms with Crippen molar-refractivity contribution in [2.24, 2.45) is 0 Å². The van der Waals surface area contributed by atoms with Crippen LogP contribution in [0.2, 0.25) is 0 Å². The monoisotopic (exact) mass is 300 g/mol. The third-order valence-electron chi connectivity index (χ3n) is 2.61. The molecule has 1 aromatic heterocycles. The second-order valence-corrected chi connectivity index (χ2v) is 4.38. The van der Waals surface area contributed by atoms with E-state index in [9.17, 15) is 13.2 Å². The van der Waals surface area contributed by atoms with Crippen molar-refractivity contribution in [1.29, 1.82) is 0 Å². The second-order valence-electron chi connectivity index (χ2n) is 4.38. The van der Waals surface area contributed by atoms with Crippen LogP contribution in [-0.2, 0) is 12.7 Å². The van der Waals surface area contributed by atoms with Crippen molar-refractivity contribution in [3.8, 4) is 0 Å². The van der Waals surface area contributed by atoms with E-state index in [1.54, 1.807) is 0 Å². The van der Waals surface area contributed by atoms with Gasteiger partial charge in [0.2, 0.25) is 5.89 Å².